The van der Waals surface area contributed by atoms with Gasteiger partial charge in [0.2, 0.25) is 0 Å². The zero-order valence-electron chi connectivity index (χ0n) is 22.9. The molecule has 1 heteroatoms. The van der Waals surface area contributed by atoms with E-state index in [1.165, 1.54) is 98.5 Å². The number of allylic oxidation sites excluding steroid dienone is 10. The number of rotatable bonds is 18. The van der Waals surface area contributed by atoms with Gasteiger partial charge in [0.05, 0.1) is 0 Å². The molecule has 0 aromatic rings. The van der Waals surface area contributed by atoms with Gasteiger partial charge in [0.1, 0.15) is 0 Å². The summed E-state index contributed by atoms with van der Waals surface area (Å²) in [7, 11) is 1.79. The van der Waals surface area contributed by atoms with Gasteiger partial charge in [0, 0.05) is 13.7 Å². The second-order valence-electron chi connectivity index (χ2n) is 10.1. The molecule has 0 aromatic carbocycles. The Morgan fingerprint density at radius 3 is 1.31 bits per heavy atom. The first-order valence-corrected chi connectivity index (χ1v) is 13.0. The monoisotopic (exact) mass is 442 g/mol. The Morgan fingerprint density at radius 1 is 0.562 bits per heavy atom. The summed E-state index contributed by atoms with van der Waals surface area (Å²) in [6, 6.07) is 0. The molecule has 1 unspecified atom stereocenters. The first kappa shape index (κ1) is 30.7. The van der Waals surface area contributed by atoms with Gasteiger partial charge in [-0.25, -0.2) is 0 Å². The van der Waals surface area contributed by atoms with Crippen molar-refractivity contribution in [1.29, 1.82) is 0 Å². The topological polar surface area (TPSA) is 9.23 Å². The van der Waals surface area contributed by atoms with Crippen LogP contribution in [0.3, 0.4) is 0 Å². The first-order valence-electron chi connectivity index (χ1n) is 13.0. The zero-order valence-corrected chi connectivity index (χ0v) is 22.9. The van der Waals surface area contributed by atoms with E-state index in [1.54, 1.807) is 7.11 Å². The predicted octanol–water partition coefficient (Wildman–Crippen LogP) is 10.3. The van der Waals surface area contributed by atoms with E-state index in [1.807, 2.05) is 0 Å². The van der Waals surface area contributed by atoms with Crippen LogP contribution < -0.4 is 0 Å². The summed E-state index contributed by atoms with van der Waals surface area (Å²) in [5.41, 5.74) is 7.55. The Labute approximate surface area is 201 Å². The van der Waals surface area contributed by atoms with E-state index in [0.29, 0.717) is 0 Å². The molecule has 184 valence electrons. The smallest absolute Gasteiger partial charge is 0.0464 e. The van der Waals surface area contributed by atoms with Gasteiger partial charge < -0.3 is 4.74 Å². The van der Waals surface area contributed by atoms with Crippen LogP contribution in [0.25, 0.3) is 0 Å². The van der Waals surface area contributed by atoms with Crippen LogP contribution in [0.1, 0.15) is 119 Å². The highest BCUT2D eigenvalue weighted by atomic mass is 16.5. The molecule has 0 saturated heterocycles. The van der Waals surface area contributed by atoms with Crippen molar-refractivity contribution >= 4 is 0 Å². The van der Waals surface area contributed by atoms with Gasteiger partial charge in [-0.1, -0.05) is 65.2 Å². The summed E-state index contributed by atoms with van der Waals surface area (Å²) in [4.78, 5) is 0. The van der Waals surface area contributed by atoms with Crippen LogP contribution in [0.4, 0.5) is 0 Å². The van der Waals surface area contributed by atoms with Crippen molar-refractivity contribution in [3.8, 4) is 0 Å². The minimum Gasteiger partial charge on any atom is -0.385 e. The molecule has 0 N–H and O–H groups in total. The molecular weight excluding hydrogens is 388 g/mol. The van der Waals surface area contributed by atoms with Crippen molar-refractivity contribution < 1.29 is 4.74 Å². The minimum atomic E-state index is 0.755. The van der Waals surface area contributed by atoms with E-state index in [9.17, 15) is 0 Å². The predicted molar refractivity (Wildman–Crippen MR) is 146 cm³/mol. The van der Waals surface area contributed by atoms with Crippen molar-refractivity contribution in [2.45, 2.75) is 119 Å². The fourth-order valence-electron chi connectivity index (χ4n) is 3.71. The SMILES string of the molecule is COCCC(C)CCC=C(C)CCC=C(C)CCC=C(C)CCC=C(C)CCC=C(C)C. The molecule has 0 fully saturated rings. The number of hydrogen-bond donors (Lipinski definition) is 0. The molecule has 0 aliphatic rings. The van der Waals surface area contributed by atoms with Crippen molar-refractivity contribution in [3.63, 3.8) is 0 Å². The fraction of sp³-hybridized carbons (Fsp3) is 0.677. The van der Waals surface area contributed by atoms with E-state index >= 15 is 0 Å². The highest BCUT2D eigenvalue weighted by molar-refractivity contribution is 5.08. The molecule has 0 radical (unpaired) electrons. The summed E-state index contributed by atoms with van der Waals surface area (Å²) in [6.45, 7) is 16.7. The lowest BCUT2D eigenvalue weighted by molar-refractivity contribution is 0.178. The Morgan fingerprint density at radius 2 is 0.938 bits per heavy atom. The minimum absolute atomic E-state index is 0.755. The van der Waals surface area contributed by atoms with E-state index in [-0.39, 0.29) is 0 Å². The molecule has 0 aliphatic carbocycles. The molecule has 0 heterocycles. The molecule has 0 aliphatic heterocycles. The average molecular weight is 443 g/mol. The second-order valence-corrected chi connectivity index (χ2v) is 10.1. The van der Waals surface area contributed by atoms with Crippen LogP contribution >= 0.6 is 0 Å². The maximum Gasteiger partial charge on any atom is 0.0464 e. The lowest BCUT2D eigenvalue weighted by Gasteiger charge is -2.09. The largest absolute Gasteiger partial charge is 0.385 e. The Hall–Kier alpha value is -1.34. The van der Waals surface area contributed by atoms with Crippen molar-refractivity contribution in [2.24, 2.45) is 5.92 Å². The fourth-order valence-corrected chi connectivity index (χ4v) is 3.71. The van der Waals surface area contributed by atoms with E-state index in [0.717, 1.165) is 12.5 Å². The molecule has 0 spiro atoms. The number of hydrogen-bond acceptors (Lipinski definition) is 1. The van der Waals surface area contributed by atoms with E-state index < -0.39 is 0 Å². The lowest BCUT2D eigenvalue weighted by Crippen LogP contribution is -1.99. The third-order valence-corrected chi connectivity index (χ3v) is 6.15. The molecule has 0 rings (SSSR count). The molecule has 0 saturated carbocycles. The third kappa shape index (κ3) is 20.6. The summed E-state index contributed by atoms with van der Waals surface area (Å²) >= 11 is 0. The van der Waals surface area contributed by atoms with Crippen LogP contribution in [0.2, 0.25) is 0 Å². The van der Waals surface area contributed by atoms with Gasteiger partial charge in [-0.05, 0) is 118 Å². The molecule has 1 nitrogen and oxygen atoms in total. The second kappa shape index (κ2) is 20.3. The zero-order chi connectivity index (χ0) is 24.2. The van der Waals surface area contributed by atoms with E-state index in [2.05, 4.69) is 78.8 Å². The van der Waals surface area contributed by atoms with Crippen molar-refractivity contribution in [2.75, 3.05) is 13.7 Å². The molecule has 0 aromatic heterocycles. The molecule has 0 amide bonds. The summed E-state index contributed by atoms with van der Waals surface area (Å²) in [6.07, 6.45) is 25.2. The summed E-state index contributed by atoms with van der Waals surface area (Å²) in [5.74, 6) is 0.755. The van der Waals surface area contributed by atoms with Gasteiger partial charge in [0.15, 0.2) is 0 Å². The molecule has 0 bridgehead atoms. The van der Waals surface area contributed by atoms with Gasteiger partial charge in [-0.3, -0.25) is 0 Å². The quantitative estimate of drug-likeness (QED) is 0.192. The summed E-state index contributed by atoms with van der Waals surface area (Å²) in [5, 5.41) is 0. The Bertz CT molecular complexity index is 623. The van der Waals surface area contributed by atoms with Gasteiger partial charge in [0.25, 0.3) is 0 Å². The maximum atomic E-state index is 5.17. The standard InChI is InChI=1S/C31H54O/c1-26(2)14-9-15-27(3)16-10-17-28(4)18-11-19-29(5)20-12-21-30(6)22-13-23-31(7)24-25-32-8/h14,16,18,20,22,31H,9-13,15,17,19,21,23-25H2,1-8H3. The van der Waals surface area contributed by atoms with Crippen LogP contribution in [0.15, 0.2) is 58.2 Å². The van der Waals surface area contributed by atoms with Crippen LogP contribution in [-0.2, 0) is 4.74 Å². The summed E-state index contributed by atoms with van der Waals surface area (Å²) < 4.78 is 5.17. The van der Waals surface area contributed by atoms with Crippen molar-refractivity contribution in [3.05, 3.63) is 58.2 Å². The normalized spacial score (nSPS) is 14.6. The lowest BCUT2D eigenvalue weighted by atomic mass is 10.00. The van der Waals surface area contributed by atoms with Gasteiger partial charge in [-0.15, -0.1) is 0 Å². The Balaban J connectivity index is 4.05. The average Bonchev–Trinajstić information content (AvgIpc) is 2.72. The van der Waals surface area contributed by atoms with E-state index in [4.69, 9.17) is 4.74 Å². The highest BCUT2D eigenvalue weighted by Gasteiger charge is 2.00. The molecular formula is C31H54O. The Kier molecular flexibility index (Phi) is 19.4. The first-order chi connectivity index (χ1) is 15.2. The van der Waals surface area contributed by atoms with Crippen molar-refractivity contribution in [1.82, 2.24) is 0 Å². The van der Waals surface area contributed by atoms with Crippen LogP contribution in [-0.4, -0.2) is 13.7 Å². The number of methoxy groups -OCH3 is 1. The van der Waals surface area contributed by atoms with Crippen LogP contribution in [0.5, 0.6) is 0 Å². The molecule has 32 heavy (non-hydrogen) atoms. The maximum absolute atomic E-state index is 5.17. The third-order valence-electron chi connectivity index (χ3n) is 6.15. The highest BCUT2D eigenvalue weighted by Crippen LogP contribution is 2.16. The molecule has 1 atom stereocenters. The van der Waals surface area contributed by atoms with Gasteiger partial charge in [-0.2, -0.15) is 0 Å². The van der Waals surface area contributed by atoms with Crippen LogP contribution in [0, 0.1) is 5.92 Å². The number of ether oxygens (including phenoxy) is 1. The van der Waals surface area contributed by atoms with Gasteiger partial charge >= 0.3 is 0 Å².